The van der Waals surface area contributed by atoms with Crippen molar-refractivity contribution in [1.29, 1.82) is 0 Å². The quantitative estimate of drug-likeness (QED) is 0.840. The predicted molar refractivity (Wildman–Crippen MR) is 90.4 cm³/mol. The van der Waals surface area contributed by atoms with Gasteiger partial charge in [0.05, 0.1) is 10.5 Å². The van der Waals surface area contributed by atoms with Gasteiger partial charge < -0.3 is 11.1 Å². The van der Waals surface area contributed by atoms with E-state index in [1.165, 1.54) is 5.56 Å². The normalized spacial score (nSPS) is 25.3. The molecule has 0 saturated heterocycles. The van der Waals surface area contributed by atoms with E-state index in [-0.39, 0.29) is 5.91 Å². The summed E-state index contributed by atoms with van der Waals surface area (Å²) in [5.74, 6) is 0.591. The Balaban J connectivity index is 2.12. The first-order valence-corrected chi connectivity index (χ1v) is 8.09. The number of aryl methyl sites for hydroxylation is 1. The minimum atomic E-state index is -0.512. The fraction of sp³-hybridized carbons (Fsp3) is 0.529. The largest absolute Gasteiger partial charge is 0.391 e. The molecule has 1 aliphatic carbocycles. The number of carbonyl (C=O) groups is 1. The van der Waals surface area contributed by atoms with Crippen molar-refractivity contribution in [3.05, 3.63) is 35.4 Å². The van der Waals surface area contributed by atoms with Crippen LogP contribution in [0.4, 0.5) is 0 Å². The first-order chi connectivity index (χ1) is 9.97. The molecule has 0 aromatic heterocycles. The van der Waals surface area contributed by atoms with Gasteiger partial charge in [-0.25, -0.2) is 0 Å². The Labute approximate surface area is 132 Å². The molecule has 0 aliphatic heterocycles. The van der Waals surface area contributed by atoms with Crippen LogP contribution in [0, 0.1) is 5.92 Å². The van der Waals surface area contributed by atoms with Gasteiger partial charge >= 0.3 is 0 Å². The molecule has 21 heavy (non-hydrogen) atoms. The minimum Gasteiger partial charge on any atom is -0.391 e. The lowest BCUT2D eigenvalue weighted by atomic mass is 9.77. The summed E-state index contributed by atoms with van der Waals surface area (Å²) in [6, 6.07) is 7.72. The molecule has 0 spiro atoms. The number of carbonyl (C=O) groups excluding carboxylic acids is 1. The molecule has 1 fully saturated rings. The van der Waals surface area contributed by atoms with Crippen LogP contribution in [0.2, 0.25) is 0 Å². The van der Waals surface area contributed by atoms with Crippen LogP contribution in [0.1, 0.15) is 55.5 Å². The molecule has 2 rings (SSSR count). The van der Waals surface area contributed by atoms with Crippen LogP contribution in [0.5, 0.6) is 0 Å². The predicted octanol–water partition coefficient (Wildman–Crippen LogP) is 3.21. The second-order valence-corrected chi connectivity index (χ2v) is 6.57. The van der Waals surface area contributed by atoms with Gasteiger partial charge in [0.2, 0.25) is 0 Å². The Morgan fingerprint density at radius 2 is 1.90 bits per heavy atom. The molecular formula is C17H24N2OS. The van der Waals surface area contributed by atoms with Crippen molar-refractivity contribution in [2.24, 2.45) is 11.7 Å². The lowest BCUT2D eigenvalue weighted by molar-refractivity contribution is 0.0900. The van der Waals surface area contributed by atoms with E-state index in [4.69, 9.17) is 18.0 Å². The third-order valence-corrected chi connectivity index (χ3v) is 4.97. The molecule has 1 saturated carbocycles. The third kappa shape index (κ3) is 3.62. The Bertz CT molecular complexity index is 516. The number of hydrogen-bond donors (Lipinski definition) is 2. The van der Waals surface area contributed by atoms with Gasteiger partial charge in [-0.05, 0) is 55.7 Å². The number of thiocarbonyl (C=S) groups is 1. The van der Waals surface area contributed by atoms with Gasteiger partial charge in [-0.3, -0.25) is 4.79 Å². The zero-order valence-electron chi connectivity index (χ0n) is 12.8. The van der Waals surface area contributed by atoms with E-state index in [1.54, 1.807) is 0 Å². The summed E-state index contributed by atoms with van der Waals surface area (Å²) in [6.07, 6.45) is 4.74. The van der Waals surface area contributed by atoms with Crippen LogP contribution in [0.3, 0.4) is 0 Å². The maximum Gasteiger partial charge on any atom is 0.252 e. The van der Waals surface area contributed by atoms with Crippen LogP contribution in [0.15, 0.2) is 24.3 Å². The number of hydrogen-bond acceptors (Lipinski definition) is 2. The maximum atomic E-state index is 12.5. The van der Waals surface area contributed by atoms with Crippen molar-refractivity contribution in [3.8, 4) is 0 Å². The summed E-state index contributed by atoms with van der Waals surface area (Å²) in [4.78, 5) is 12.9. The highest BCUT2D eigenvalue weighted by molar-refractivity contribution is 7.80. The van der Waals surface area contributed by atoms with E-state index in [0.717, 1.165) is 32.1 Å². The van der Waals surface area contributed by atoms with Crippen LogP contribution in [0.25, 0.3) is 0 Å². The molecule has 3 nitrogen and oxygen atoms in total. The van der Waals surface area contributed by atoms with Crippen molar-refractivity contribution < 1.29 is 4.79 Å². The molecule has 0 bridgehead atoms. The molecule has 114 valence electrons. The number of nitrogens with two attached hydrogens (primary N) is 1. The SMILES string of the molecule is CCc1ccc(C(=O)NC2(C(N)=S)CCC(C)CC2)cc1. The molecule has 3 N–H and O–H groups in total. The smallest absolute Gasteiger partial charge is 0.252 e. The number of amides is 1. The molecule has 1 amide bonds. The highest BCUT2D eigenvalue weighted by atomic mass is 32.1. The van der Waals surface area contributed by atoms with E-state index >= 15 is 0 Å². The molecule has 1 aromatic carbocycles. The molecule has 0 unspecified atom stereocenters. The van der Waals surface area contributed by atoms with Crippen LogP contribution >= 0.6 is 12.2 Å². The van der Waals surface area contributed by atoms with E-state index in [2.05, 4.69) is 19.2 Å². The first-order valence-electron chi connectivity index (χ1n) is 7.68. The molecule has 0 atom stereocenters. The Hall–Kier alpha value is -1.42. The lowest BCUT2D eigenvalue weighted by Gasteiger charge is -2.39. The van der Waals surface area contributed by atoms with E-state index < -0.39 is 5.54 Å². The average Bonchev–Trinajstić information content (AvgIpc) is 2.49. The van der Waals surface area contributed by atoms with Gasteiger partial charge in [0.15, 0.2) is 0 Å². The van der Waals surface area contributed by atoms with Gasteiger partial charge in [-0.15, -0.1) is 0 Å². The van der Waals surface area contributed by atoms with Gasteiger partial charge in [0, 0.05) is 5.56 Å². The lowest BCUT2D eigenvalue weighted by Crippen LogP contribution is -2.58. The Kier molecular flexibility index (Phi) is 4.99. The zero-order valence-corrected chi connectivity index (χ0v) is 13.6. The van der Waals surface area contributed by atoms with Crippen molar-refractivity contribution in [2.75, 3.05) is 0 Å². The van der Waals surface area contributed by atoms with Crippen molar-refractivity contribution in [1.82, 2.24) is 5.32 Å². The van der Waals surface area contributed by atoms with Crippen molar-refractivity contribution in [2.45, 2.75) is 51.5 Å². The molecule has 0 radical (unpaired) electrons. The van der Waals surface area contributed by atoms with E-state index in [9.17, 15) is 4.79 Å². The second kappa shape index (κ2) is 6.56. The highest BCUT2D eigenvalue weighted by Crippen LogP contribution is 2.32. The standard InChI is InChI=1S/C17H24N2OS/c1-3-13-4-6-14(7-5-13)15(20)19-17(16(18)21)10-8-12(2)9-11-17/h4-7,12H,3,8-11H2,1-2H3,(H2,18,21)(H,19,20). The fourth-order valence-corrected chi connectivity index (χ4v) is 3.12. The van der Waals surface area contributed by atoms with Gasteiger partial charge in [0.1, 0.15) is 0 Å². The summed E-state index contributed by atoms with van der Waals surface area (Å²) in [5, 5.41) is 3.10. The van der Waals surface area contributed by atoms with E-state index in [0.29, 0.717) is 16.5 Å². The molecule has 4 heteroatoms. The van der Waals surface area contributed by atoms with Gasteiger partial charge in [-0.2, -0.15) is 0 Å². The van der Waals surface area contributed by atoms with E-state index in [1.807, 2.05) is 24.3 Å². The van der Waals surface area contributed by atoms with Crippen LogP contribution in [-0.4, -0.2) is 16.4 Å². The van der Waals surface area contributed by atoms with Crippen LogP contribution in [-0.2, 0) is 6.42 Å². The van der Waals surface area contributed by atoms with Gasteiger partial charge in [0.25, 0.3) is 5.91 Å². The topological polar surface area (TPSA) is 55.1 Å². The van der Waals surface area contributed by atoms with Crippen LogP contribution < -0.4 is 11.1 Å². The Morgan fingerprint density at radius 1 is 1.33 bits per heavy atom. The first kappa shape index (κ1) is 16.0. The number of nitrogens with one attached hydrogen (secondary N) is 1. The van der Waals surface area contributed by atoms with Crippen molar-refractivity contribution in [3.63, 3.8) is 0 Å². The molecule has 1 aromatic rings. The Morgan fingerprint density at radius 3 is 2.38 bits per heavy atom. The molecule has 0 heterocycles. The third-order valence-electron chi connectivity index (χ3n) is 4.58. The van der Waals surface area contributed by atoms with Gasteiger partial charge in [-0.1, -0.05) is 38.2 Å². The zero-order chi connectivity index (χ0) is 15.5. The monoisotopic (exact) mass is 304 g/mol. The summed E-state index contributed by atoms with van der Waals surface area (Å²) in [6.45, 7) is 4.33. The number of rotatable bonds is 4. The molecular weight excluding hydrogens is 280 g/mol. The summed E-state index contributed by atoms with van der Waals surface area (Å²) >= 11 is 5.24. The maximum absolute atomic E-state index is 12.5. The number of benzene rings is 1. The highest BCUT2D eigenvalue weighted by Gasteiger charge is 2.38. The van der Waals surface area contributed by atoms with Crippen molar-refractivity contribution >= 4 is 23.1 Å². The summed E-state index contributed by atoms with van der Waals surface area (Å²) < 4.78 is 0. The molecule has 1 aliphatic rings. The minimum absolute atomic E-state index is 0.0833. The second-order valence-electron chi connectivity index (χ2n) is 6.13. The average molecular weight is 304 g/mol. The summed E-state index contributed by atoms with van der Waals surface area (Å²) in [7, 11) is 0. The fourth-order valence-electron chi connectivity index (χ4n) is 2.87. The summed E-state index contributed by atoms with van der Waals surface area (Å²) in [5.41, 5.74) is 7.32.